The summed E-state index contributed by atoms with van der Waals surface area (Å²) in [7, 11) is 0. The van der Waals surface area contributed by atoms with Crippen LogP contribution in [0, 0.1) is 0 Å². The van der Waals surface area contributed by atoms with Crippen molar-refractivity contribution in [1.29, 1.82) is 0 Å². The molecule has 0 atom stereocenters. The molecule has 1 saturated heterocycles. The van der Waals surface area contributed by atoms with Gasteiger partial charge in [-0.15, -0.1) is 0 Å². The van der Waals surface area contributed by atoms with E-state index in [4.69, 9.17) is 4.42 Å². The van der Waals surface area contributed by atoms with Gasteiger partial charge in [-0.3, -0.25) is 9.59 Å². The van der Waals surface area contributed by atoms with Crippen LogP contribution in [0.4, 0.5) is 0 Å². The Hall–Kier alpha value is -3.45. The zero-order valence-corrected chi connectivity index (χ0v) is 17.2. The minimum atomic E-state index is -0.308. The van der Waals surface area contributed by atoms with E-state index in [0.29, 0.717) is 23.2 Å². The van der Waals surface area contributed by atoms with Gasteiger partial charge in [0.05, 0.1) is 24.2 Å². The van der Waals surface area contributed by atoms with Gasteiger partial charge in [0, 0.05) is 17.3 Å². The van der Waals surface area contributed by atoms with Crippen LogP contribution in [0.25, 0.3) is 21.7 Å². The van der Waals surface area contributed by atoms with Crippen LogP contribution >= 0.6 is 0 Å². The standard InChI is InChI=1S/C24H24N4O3/c29-23(22-15-17-7-1-4-10-21(17)31-22)25-16-20-18-8-2-3-9-19(18)24(30)28(26-20)14-13-27-11-5-6-12-27/h1-4,7-10,15H,5-6,11-14,16H2,(H,25,29). The molecule has 31 heavy (non-hydrogen) atoms. The summed E-state index contributed by atoms with van der Waals surface area (Å²) >= 11 is 0. The number of hydrogen-bond acceptors (Lipinski definition) is 5. The maximum atomic E-state index is 12.9. The first kappa shape index (κ1) is 19.5. The molecule has 5 rings (SSSR count). The van der Waals surface area contributed by atoms with Gasteiger partial charge in [-0.2, -0.15) is 5.10 Å². The van der Waals surface area contributed by atoms with Crippen LogP contribution in [-0.2, 0) is 13.1 Å². The van der Waals surface area contributed by atoms with Crippen LogP contribution in [-0.4, -0.2) is 40.2 Å². The first-order chi connectivity index (χ1) is 15.2. The molecule has 2 aromatic carbocycles. The lowest BCUT2D eigenvalue weighted by molar-refractivity contribution is 0.0925. The number of carbonyl (C=O) groups excluding carboxylic acids is 1. The van der Waals surface area contributed by atoms with E-state index in [1.807, 2.05) is 48.5 Å². The predicted octanol–water partition coefficient (Wildman–Crippen LogP) is 3.17. The number of hydrogen-bond donors (Lipinski definition) is 1. The average Bonchev–Trinajstić information content (AvgIpc) is 3.47. The lowest BCUT2D eigenvalue weighted by Crippen LogP contribution is -2.32. The molecule has 2 aromatic heterocycles. The third-order valence-electron chi connectivity index (χ3n) is 5.84. The normalized spacial score (nSPS) is 14.5. The molecule has 7 nitrogen and oxygen atoms in total. The number of benzene rings is 2. The zero-order valence-electron chi connectivity index (χ0n) is 17.2. The molecule has 0 saturated carbocycles. The summed E-state index contributed by atoms with van der Waals surface area (Å²) in [5, 5.41) is 9.75. The Morgan fingerprint density at radius 3 is 2.55 bits per heavy atom. The highest BCUT2D eigenvalue weighted by molar-refractivity contribution is 5.96. The second kappa shape index (κ2) is 8.35. The Balaban J connectivity index is 1.39. The second-order valence-electron chi connectivity index (χ2n) is 7.90. The number of furan rings is 1. The molecule has 0 unspecified atom stereocenters. The van der Waals surface area contributed by atoms with Crippen LogP contribution in [0.15, 0.2) is 63.8 Å². The summed E-state index contributed by atoms with van der Waals surface area (Å²) in [4.78, 5) is 27.9. The second-order valence-corrected chi connectivity index (χ2v) is 7.90. The van der Waals surface area contributed by atoms with Crippen molar-refractivity contribution in [2.75, 3.05) is 19.6 Å². The maximum Gasteiger partial charge on any atom is 0.287 e. The molecule has 0 spiro atoms. The fraction of sp³-hybridized carbons (Fsp3) is 0.292. The van der Waals surface area contributed by atoms with Crippen molar-refractivity contribution in [3.05, 3.63) is 76.4 Å². The molecule has 158 valence electrons. The molecule has 1 amide bonds. The zero-order chi connectivity index (χ0) is 21.2. The molecular weight excluding hydrogens is 392 g/mol. The smallest absolute Gasteiger partial charge is 0.287 e. The van der Waals surface area contributed by atoms with E-state index in [9.17, 15) is 9.59 Å². The van der Waals surface area contributed by atoms with Gasteiger partial charge in [0.1, 0.15) is 5.58 Å². The van der Waals surface area contributed by atoms with Crippen molar-refractivity contribution in [1.82, 2.24) is 20.0 Å². The van der Waals surface area contributed by atoms with E-state index >= 15 is 0 Å². The Kier molecular flexibility index (Phi) is 5.26. The average molecular weight is 416 g/mol. The number of likely N-dealkylation sites (tertiary alicyclic amines) is 1. The summed E-state index contributed by atoms with van der Waals surface area (Å²) < 4.78 is 7.18. The molecule has 1 aliphatic heterocycles. The molecule has 1 aliphatic rings. The summed E-state index contributed by atoms with van der Waals surface area (Å²) in [6.07, 6.45) is 2.41. The molecule has 1 N–H and O–H groups in total. The lowest BCUT2D eigenvalue weighted by Gasteiger charge is -2.16. The van der Waals surface area contributed by atoms with Gasteiger partial charge in [0.2, 0.25) is 0 Å². The number of para-hydroxylation sites is 1. The molecule has 7 heteroatoms. The fourth-order valence-electron chi connectivity index (χ4n) is 4.17. The summed E-state index contributed by atoms with van der Waals surface area (Å²) in [5.74, 6) is -0.0511. The quantitative estimate of drug-likeness (QED) is 0.522. The van der Waals surface area contributed by atoms with Crippen molar-refractivity contribution < 1.29 is 9.21 Å². The molecule has 0 bridgehead atoms. The predicted molar refractivity (Wildman–Crippen MR) is 119 cm³/mol. The minimum Gasteiger partial charge on any atom is -0.451 e. The molecule has 0 radical (unpaired) electrons. The van der Waals surface area contributed by atoms with Gasteiger partial charge in [0.25, 0.3) is 11.5 Å². The van der Waals surface area contributed by atoms with Gasteiger partial charge < -0.3 is 14.6 Å². The molecule has 0 aliphatic carbocycles. The lowest BCUT2D eigenvalue weighted by atomic mass is 10.1. The summed E-state index contributed by atoms with van der Waals surface area (Å²) in [6, 6.07) is 16.7. The van der Waals surface area contributed by atoms with Gasteiger partial charge in [-0.1, -0.05) is 36.4 Å². The number of nitrogens with one attached hydrogen (secondary N) is 1. The summed E-state index contributed by atoms with van der Waals surface area (Å²) in [6.45, 7) is 3.69. The maximum absolute atomic E-state index is 12.9. The van der Waals surface area contributed by atoms with Crippen molar-refractivity contribution in [3.63, 3.8) is 0 Å². The van der Waals surface area contributed by atoms with Crippen LogP contribution in [0.3, 0.4) is 0 Å². The largest absolute Gasteiger partial charge is 0.451 e. The monoisotopic (exact) mass is 416 g/mol. The van der Waals surface area contributed by atoms with Crippen molar-refractivity contribution in [3.8, 4) is 0 Å². The van der Waals surface area contributed by atoms with Gasteiger partial charge in [0.15, 0.2) is 5.76 Å². The summed E-state index contributed by atoms with van der Waals surface area (Å²) in [5.41, 5.74) is 1.25. The SMILES string of the molecule is O=C(NCc1nn(CCN2CCCC2)c(=O)c2ccccc12)c1cc2ccccc2o1. The number of nitrogens with zero attached hydrogens (tertiary/aromatic N) is 3. The molecule has 3 heterocycles. The van der Waals surface area contributed by atoms with E-state index in [2.05, 4.69) is 15.3 Å². The van der Waals surface area contributed by atoms with E-state index in [-0.39, 0.29) is 23.8 Å². The van der Waals surface area contributed by atoms with Crippen molar-refractivity contribution in [2.24, 2.45) is 0 Å². The highest BCUT2D eigenvalue weighted by Gasteiger charge is 2.16. The third kappa shape index (κ3) is 3.96. The van der Waals surface area contributed by atoms with Gasteiger partial charge in [-0.05, 0) is 44.1 Å². The van der Waals surface area contributed by atoms with E-state index < -0.39 is 0 Å². The topological polar surface area (TPSA) is 80.4 Å². The highest BCUT2D eigenvalue weighted by atomic mass is 16.3. The third-order valence-corrected chi connectivity index (χ3v) is 5.84. The first-order valence-corrected chi connectivity index (χ1v) is 10.7. The number of rotatable bonds is 6. The molecule has 4 aromatic rings. The number of amides is 1. The molecular formula is C24H24N4O3. The minimum absolute atomic E-state index is 0.0952. The molecule has 1 fully saturated rings. The fourth-order valence-corrected chi connectivity index (χ4v) is 4.17. The van der Waals surface area contributed by atoms with Crippen molar-refractivity contribution in [2.45, 2.75) is 25.9 Å². The van der Waals surface area contributed by atoms with Crippen LogP contribution in [0.5, 0.6) is 0 Å². The van der Waals surface area contributed by atoms with Crippen LogP contribution in [0.1, 0.15) is 29.1 Å². The van der Waals surface area contributed by atoms with E-state index in [0.717, 1.165) is 30.4 Å². The number of aromatic nitrogens is 2. The van der Waals surface area contributed by atoms with Crippen LogP contribution in [0.2, 0.25) is 0 Å². The Morgan fingerprint density at radius 2 is 1.74 bits per heavy atom. The number of fused-ring (bicyclic) bond motifs is 2. The van der Waals surface area contributed by atoms with E-state index in [1.165, 1.54) is 17.5 Å². The Morgan fingerprint density at radius 1 is 1.00 bits per heavy atom. The highest BCUT2D eigenvalue weighted by Crippen LogP contribution is 2.19. The van der Waals surface area contributed by atoms with Gasteiger partial charge in [-0.25, -0.2) is 4.68 Å². The number of carbonyl (C=O) groups is 1. The Labute approximate surface area is 179 Å². The Bertz CT molecular complexity index is 1270. The first-order valence-electron chi connectivity index (χ1n) is 10.7. The van der Waals surface area contributed by atoms with Crippen molar-refractivity contribution >= 4 is 27.6 Å². The van der Waals surface area contributed by atoms with Gasteiger partial charge >= 0.3 is 0 Å². The van der Waals surface area contributed by atoms with E-state index in [1.54, 1.807) is 6.07 Å². The van der Waals surface area contributed by atoms with Crippen LogP contribution < -0.4 is 10.9 Å².